The summed E-state index contributed by atoms with van der Waals surface area (Å²) >= 11 is 0. The molecular weight excluding hydrogens is 402 g/mol. The minimum Gasteiger partial charge on any atom is -0.342 e. The first kappa shape index (κ1) is 21.2. The number of aromatic nitrogens is 3. The van der Waals surface area contributed by atoms with Crippen LogP contribution in [-0.4, -0.2) is 38.3 Å². The molecule has 2 aromatic carbocycles. The van der Waals surface area contributed by atoms with Crippen molar-refractivity contribution in [1.82, 2.24) is 24.8 Å². The minimum atomic E-state index is -0.401. The SMILES string of the molecule is CC(NC(=O)c1cccnc1)c1nc2ccccc2n1CC(=O)N(C)Cc1ccccc1. The number of nitrogens with zero attached hydrogens (tertiary/aromatic N) is 4. The number of benzene rings is 2. The summed E-state index contributed by atoms with van der Waals surface area (Å²) < 4.78 is 1.88. The fraction of sp³-hybridized carbons (Fsp3) is 0.200. The lowest BCUT2D eigenvalue weighted by molar-refractivity contribution is -0.131. The third-order valence-corrected chi connectivity index (χ3v) is 5.32. The molecule has 4 rings (SSSR count). The van der Waals surface area contributed by atoms with E-state index in [1.165, 1.54) is 6.20 Å². The van der Waals surface area contributed by atoms with Crippen LogP contribution in [0.3, 0.4) is 0 Å². The summed E-state index contributed by atoms with van der Waals surface area (Å²) in [7, 11) is 1.79. The molecule has 4 aromatic rings. The number of nitrogens with one attached hydrogen (secondary N) is 1. The van der Waals surface area contributed by atoms with E-state index in [4.69, 9.17) is 4.98 Å². The molecule has 2 amide bonds. The predicted octanol–water partition coefficient (Wildman–Crippen LogP) is 3.58. The van der Waals surface area contributed by atoms with E-state index in [9.17, 15) is 9.59 Å². The molecule has 1 N–H and O–H groups in total. The molecule has 0 saturated carbocycles. The van der Waals surface area contributed by atoms with Crippen LogP contribution in [0.15, 0.2) is 79.1 Å². The van der Waals surface area contributed by atoms with Crippen LogP contribution in [0.4, 0.5) is 0 Å². The molecule has 32 heavy (non-hydrogen) atoms. The summed E-state index contributed by atoms with van der Waals surface area (Å²) in [6, 6.07) is 20.6. The monoisotopic (exact) mass is 427 g/mol. The quantitative estimate of drug-likeness (QED) is 0.489. The molecule has 0 saturated heterocycles. The van der Waals surface area contributed by atoms with E-state index in [1.807, 2.05) is 66.1 Å². The summed E-state index contributed by atoms with van der Waals surface area (Å²) in [6.07, 6.45) is 3.14. The Kier molecular flexibility index (Phi) is 6.26. The van der Waals surface area contributed by atoms with Gasteiger partial charge in [0.1, 0.15) is 12.4 Å². The van der Waals surface area contributed by atoms with Gasteiger partial charge >= 0.3 is 0 Å². The van der Waals surface area contributed by atoms with Crippen molar-refractivity contribution in [2.24, 2.45) is 0 Å². The van der Waals surface area contributed by atoms with Crippen molar-refractivity contribution in [1.29, 1.82) is 0 Å². The lowest BCUT2D eigenvalue weighted by Crippen LogP contribution is -2.32. The second-order valence-corrected chi connectivity index (χ2v) is 7.72. The van der Waals surface area contributed by atoms with Crippen LogP contribution in [0.1, 0.15) is 34.7 Å². The lowest BCUT2D eigenvalue weighted by Gasteiger charge is -2.20. The number of hydrogen-bond donors (Lipinski definition) is 1. The molecular formula is C25H25N5O2. The van der Waals surface area contributed by atoms with Gasteiger partial charge in [-0.2, -0.15) is 0 Å². The Balaban J connectivity index is 1.57. The van der Waals surface area contributed by atoms with Crippen LogP contribution < -0.4 is 5.32 Å². The highest BCUT2D eigenvalue weighted by atomic mass is 16.2. The Morgan fingerprint density at radius 2 is 1.78 bits per heavy atom. The third kappa shape index (κ3) is 4.67. The van der Waals surface area contributed by atoms with Gasteiger partial charge in [0.05, 0.1) is 22.6 Å². The maximum atomic E-state index is 13.1. The van der Waals surface area contributed by atoms with Crippen molar-refractivity contribution >= 4 is 22.8 Å². The zero-order chi connectivity index (χ0) is 22.5. The summed E-state index contributed by atoms with van der Waals surface area (Å²) in [5.41, 5.74) is 3.17. The van der Waals surface area contributed by atoms with E-state index < -0.39 is 6.04 Å². The van der Waals surface area contributed by atoms with Gasteiger partial charge in [-0.25, -0.2) is 4.98 Å². The second kappa shape index (κ2) is 9.43. The Morgan fingerprint density at radius 3 is 2.53 bits per heavy atom. The summed E-state index contributed by atoms with van der Waals surface area (Å²) in [6.45, 7) is 2.52. The predicted molar refractivity (Wildman–Crippen MR) is 123 cm³/mol. The maximum absolute atomic E-state index is 13.1. The minimum absolute atomic E-state index is 0.0379. The van der Waals surface area contributed by atoms with Gasteiger partial charge in [-0.3, -0.25) is 14.6 Å². The molecule has 2 heterocycles. The highest BCUT2D eigenvalue weighted by Gasteiger charge is 2.21. The molecule has 0 aliphatic rings. The number of pyridine rings is 1. The van der Waals surface area contributed by atoms with Gasteiger partial charge in [-0.1, -0.05) is 42.5 Å². The third-order valence-electron chi connectivity index (χ3n) is 5.32. The molecule has 0 aliphatic carbocycles. The number of rotatable bonds is 7. The molecule has 0 radical (unpaired) electrons. The number of para-hydroxylation sites is 2. The molecule has 1 unspecified atom stereocenters. The molecule has 2 aromatic heterocycles. The number of carbonyl (C=O) groups is 2. The maximum Gasteiger partial charge on any atom is 0.253 e. The van der Waals surface area contributed by atoms with Crippen LogP contribution >= 0.6 is 0 Å². The molecule has 7 heteroatoms. The van der Waals surface area contributed by atoms with Gasteiger partial charge in [-0.15, -0.1) is 0 Å². The molecule has 0 bridgehead atoms. The fourth-order valence-corrected chi connectivity index (χ4v) is 3.63. The number of fused-ring (bicyclic) bond motifs is 1. The first-order valence-corrected chi connectivity index (χ1v) is 10.5. The average molecular weight is 428 g/mol. The molecule has 0 spiro atoms. The zero-order valence-corrected chi connectivity index (χ0v) is 18.1. The number of amides is 2. The van der Waals surface area contributed by atoms with Crippen molar-refractivity contribution in [3.8, 4) is 0 Å². The summed E-state index contributed by atoms with van der Waals surface area (Å²) in [5, 5.41) is 2.97. The Bertz CT molecular complexity index is 1220. The van der Waals surface area contributed by atoms with E-state index in [0.29, 0.717) is 17.9 Å². The second-order valence-electron chi connectivity index (χ2n) is 7.72. The van der Waals surface area contributed by atoms with E-state index in [0.717, 1.165) is 16.6 Å². The van der Waals surface area contributed by atoms with Crippen LogP contribution in [0.2, 0.25) is 0 Å². The number of imidazole rings is 1. The van der Waals surface area contributed by atoms with Crippen LogP contribution in [0, 0.1) is 0 Å². The topological polar surface area (TPSA) is 80.1 Å². The van der Waals surface area contributed by atoms with E-state index in [1.54, 1.807) is 30.3 Å². The van der Waals surface area contributed by atoms with Crippen LogP contribution in [0.5, 0.6) is 0 Å². The largest absolute Gasteiger partial charge is 0.342 e. The van der Waals surface area contributed by atoms with E-state index >= 15 is 0 Å². The molecule has 1 atom stereocenters. The number of carbonyl (C=O) groups excluding carboxylic acids is 2. The molecule has 7 nitrogen and oxygen atoms in total. The fourth-order valence-electron chi connectivity index (χ4n) is 3.63. The summed E-state index contributed by atoms with van der Waals surface area (Å²) in [4.78, 5) is 36.1. The molecule has 0 aliphatic heterocycles. The Morgan fingerprint density at radius 1 is 1.03 bits per heavy atom. The van der Waals surface area contributed by atoms with E-state index in [2.05, 4.69) is 10.3 Å². The molecule has 0 fully saturated rings. The van der Waals surface area contributed by atoms with Gasteiger partial charge in [0, 0.05) is 26.0 Å². The van der Waals surface area contributed by atoms with Crippen LogP contribution in [0.25, 0.3) is 11.0 Å². The highest BCUT2D eigenvalue weighted by molar-refractivity contribution is 5.94. The van der Waals surface area contributed by atoms with Crippen LogP contribution in [-0.2, 0) is 17.9 Å². The van der Waals surface area contributed by atoms with Gasteiger partial charge in [-0.05, 0) is 36.8 Å². The Hall–Kier alpha value is -4.00. The summed E-state index contributed by atoms with van der Waals surface area (Å²) in [5.74, 6) is 0.352. The van der Waals surface area contributed by atoms with Crippen molar-refractivity contribution in [3.05, 3.63) is 96.1 Å². The van der Waals surface area contributed by atoms with Crippen molar-refractivity contribution in [3.63, 3.8) is 0 Å². The number of likely N-dealkylation sites (N-methyl/N-ethyl adjacent to an activating group) is 1. The molecule has 162 valence electrons. The number of hydrogen-bond acceptors (Lipinski definition) is 4. The van der Waals surface area contributed by atoms with Crippen molar-refractivity contribution < 1.29 is 9.59 Å². The normalized spacial score (nSPS) is 11.8. The first-order valence-electron chi connectivity index (χ1n) is 10.5. The highest BCUT2D eigenvalue weighted by Crippen LogP contribution is 2.21. The van der Waals surface area contributed by atoms with Gasteiger partial charge in [0.15, 0.2) is 0 Å². The first-order chi connectivity index (χ1) is 15.5. The van der Waals surface area contributed by atoms with Crippen molar-refractivity contribution in [2.45, 2.75) is 26.1 Å². The smallest absolute Gasteiger partial charge is 0.253 e. The zero-order valence-electron chi connectivity index (χ0n) is 18.1. The Labute approximate surface area is 186 Å². The van der Waals surface area contributed by atoms with Gasteiger partial charge < -0.3 is 14.8 Å². The van der Waals surface area contributed by atoms with Crippen molar-refractivity contribution in [2.75, 3.05) is 7.05 Å². The van der Waals surface area contributed by atoms with Gasteiger partial charge in [0.2, 0.25) is 5.91 Å². The standard InChI is InChI=1S/C25H25N5O2/c1-18(27-25(32)20-11-8-14-26-15-20)24-28-21-12-6-7-13-22(21)30(24)17-23(31)29(2)16-19-9-4-3-5-10-19/h3-15,18H,16-17H2,1-2H3,(H,27,32). The lowest BCUT2D eigenvalue weighted by atomic mass is 10.2. The average Bonchev–Trinajstić information content (AvgIpc) is 3.18. The van der Waals surface area contributed by atoms with Gasteiger partial charge in [0.25, 0.3) is 5.91 Å². The van der Waals surface area contributed by atoms with E-state index in [-0.39, 0.29) is 18.4 Å².